The Morgan fingerprint density at radius 1 is 1.31 bits per heavy atom. The molecule has 0 unspecified atom stereocenters. The fourth-order valence-electron chi connectivity index (χ4n) is 1.70. The van der Waals surface area contributed by atoms with Crippen LogP contribution in [0.2, 0.25) is 0 Å². The van der Waals surface area contributed by atoms with Gasteiger partial charge in [0.05, 0.1) is 28.9 Å². The van der Waals surface area contributed by atoms with E-state index < -0.39 is 5.97 Å². The second kappa shape index (κ2) is 3.03. The van der Waals surface area contributed by atoms with Gasteiger partial charge in [-0.2, -0.15) is 0 Å². The number of nitrogens with zero attached hydrogens (tertiary/aromatic N) is 3. The minimum absolute atomic E-state index is 0.00602. The average Bonchev–Trinajstić information content (AvgIpc) is 2.76. The summed E-state index contributed by atoms with van der Waals surface area (Å²) >= 11 is 0. The van der Waals surface area contributed by atoms with E-state index in [-0.39, 0.29) is 5.69 Å². The van der Waals surface area contributed by atoms with Gasteiger partial charge in [0.2, 0.25) is 0 Å². The fourth-order valence-corrected chi connectivity index (χ4v) is 1.70. The van der Waals surface area contributed by atoms with Crippen LogP contribution in [0.1, 0.15) is 10.5 Å². The lowest BCUT2D eigenvalue weighted by molar-refractivity contribution is 0.0690. The SMILES string of the molecule is O=C(O)c1cc2ncc3cccn3c2cn1. The molecule has 0 atom stereocenters. The van der Waals surface area contributed by atoms with Crippen molar-refractivity contribution in [3.05, 3.63) is 42.5 Å². The Balaban J connectivity index is 2.41. The van der Waals surface area contributed by atoms with E-state index in [9.17, 15) is 4.79 Å². The predicted octanol–water partition coefficient (Wildman–Crippen LogP) is 1.58. The van der Waals surface area contributed by atoms with E-state index in [1.807, 2.05) is 22.7 Å². The summed E-state index contributed by atoms with van der Waals surface area (Å²) in [6, 6.07) is 5.30. The lowest BCUT2D eigenvalue weighted by atomic mass is 10.3. The Labute approximate surface area is 90.0 Å². The summed E-state index contributed by atoms with van der Waals surface area (Å²) < 4.78 is 1.92. The van der Waals surface area contributed by atoms with Crippen molar-refractivity contribution in [1.29, 1.82) is 0 Å². The van der Waals surface area contributed by atoms with E-state index in [4.69, 9.17) is 5.11 Å². The van der Waals surface area contributed by atoms with Crippen LogP contribution in [-0.4, -0.2) is 25.4 Å². The van der Waals surface area contributed by atoms with Crippen LogP contribution in [0, 0.1) is 0 Å². The summed E-state index contributed by atoms with van der Waals surface area (Å²) in [5, 5.41) is 8.82. The second-order valence-electron chi connectivity index (χ2n) is 3.42. The maximum Gasteiger partial charge on any atom is 0.354 e. The molecule has 0 aliphatic carbocycles. The smallest absolute Gasteiger partial charge is 0.354 e. The Bertz CT molecular complexity index is 703. The zero-order valence-electron chi connectivity index (χ0n) is 8.16. The van der Waals surface area contributed by atoms with Gasteiger partial charge in [-0.3, -0.25) is 4.98 Å². The summed E-state index contributed by atoms with van der Waals surface area (Å²) in [4.78, 5) is 18.8. The zero-order chi connectivity index (χ0) is 11.1. The number of carboxylic acid groups (broad SMARTS) is 1. The molecule has 0 saturated heterocycles. The van der Waals surface area contributed by atoms with Crippen molar-refractivity contribution in [2.75, 3.05) is 0 Å². The number of hydrogen-bond donors (Lipinski definition) is 1. The van der Waals surface area contributed by atoms with E-state index in [2.05, 4.69) is 9.97 Å². The number of pyridine rings is 1. The standard InChI is InChI=1S/C11H7N3O2/c15-11(16)9-4-8-10(6-13-9)14-3-1-2-7(14)5-12-8/h1-6H,(H,15,16). The number of carboxylic acids is 1. The van der Waals surface area contributed by atoms with Gasteiger partial charge in [0.1, 0.15) is 5.69 Å². The summed E-state index contributed by atoms with van der Waals surface area (Å²) in [7, 11) is 0. The summed E-state index contributed by atoms with van der Waals surface area (Å²) in [5.74, 6) is -1.05. The van der Waals surface area contributed by atoms with Crippen LogP contribution < -0.4 is 0 Å². The number of hydrogen-bond acceptors (Lipinski definition) is 3. The highest BCUT2D eigenvalue weighted by Crippen LogP contribution is 2.14. The molecule has 0 radical (unpaired) electrons. The van der Waals surface area contributed by atoms with E-state index in [0.29, 0.717) is 5.52 Å². The quantitative estimate of drug-likeness (QED) is 0.666. The van der Waals surface area contributed by atoms with Crippen molar-refractivity contribution in [2.45, 2.75) is 0 Å². The highest BCUT2D eigenvalue weighted by molar-refractivity contribution is 5.90. The highest BCUT2D eigenvalue weighted by Gasteiger charge is 2.07. The molecule has 0 fully saturated rings. The maximum atomic E-state index is 10.8. The van der Waals surface area contributed by atoms with Crippen LogP contribution in [0.4, 0.5) is 0 Å². The van der Waals surface area contributed by atoms with Crippen molar-refractivity contribution in [2.24, 2.45) is 0 Å². The van der Waals surface area contributed by atoms with E-state index in [0.717, 1.165) is 11.0 Å². The molecule has 3 rings (SSSR count). The first kappa shape index (κ1) is 8.84. The first-order valence-electron chi connectivity index (χ1n) is 4.71. The summed E-state index contributed by atoms with van der Waals surface area (Å²) in [6.07, 6.45) is 5.12. The van der Waals surface area contributed by atoms with Crippen LogP contribution in [0.15, 0.2) is 36.8 Å². The van der Waals surface area contributed by atoms with Gasteiger partial charge in [0, 0.05) is 6.20 Å². The molecular formula is C11H7N3O2. The van der Waals surface area contributed by atoms with Crippen molar-refractivity contribution < 1.29 is 9.90 Å². The topological polar surface area (TPSA) is 67.5 Å². The molecule has 5 heteroatoms. The molecule has 1 N–H and O–H groups in total. The third kappa shape index (κ3) is 1.15. The number of aromatic nitrogens is 3. The minimum Gasteiger partial charge on any atom is -0.477 e. The molecule has 0 saturated carbocycles. The Morgan fingerprint density at radius 2 is 2.19 bits per heavy atom. The molecule has 0 aromatic carbocycles. The highest BCUT2D eigenvalue weighted by atomic mass is 16.4. The number of carbonyl (C=O) groups is 1. The second-order valence-corrected chi connectivity index (χ2v) is 3.42. The Hall–Kier alpha value is -2.43. The van der Waals surface area contributed by atoms with Crippen molar-refractivity contribution >= 4 is 22.5 Å². The average molecular weight is 213 g/mol. The normalized spacial score (nSPS) is 11.0. The number of aromatic carboxylic acids is 1. The van der Waals surface area contributed by atoms with Gasteiger partial charge in [-0.05, 0) is 18.2 Å². The molecule has 5 nitrogen and oxygen atoms in total. The van der Waals surface area contributed by atoms with Gasteiger partial charge in [-0.25, -0.2) is 9.78 Å². The van der Waals surface area contributed by atoms with Crippen LogP contribution in [-0.2, 0) is 0 Å². The van der Waals surface area contributed by atoms with Crippen molar-refractivity contribution in [1.82, 2.24) is 14.4 Å². The lowest BCUT2D eigenvalue weighted by Gasteiger charge is -2.02. The number of fused-ring (bicyclic) bond motifs is 3. The fraction of sp³-hybridized carbons (Fsp3) is 0. The van der Waals surface area contributed by atoms with Crippen LogP contribution in [0.3, 0.4) is 0 Å². The minimum atomic E-state index is -1.05. The Morgan fingerprint density at radius 3 is 3.00 bits per heavy atom. The molecule has 0 spiro atoms. The third-order valence-electron chi connectivity index (χ3n) is 2.46. The molecule has 78 valence electrons. The summed E-state index contributed by atoms with van der Waals surface area (Å²) in [6.45, 7) is 0. The predicted molar refractivity (Wildman–Crippen MR) is 57.5 cm³/mol. The van der Waals surface area contributed by atoms with E-state index in [1.54, 1.807) is 6.20 Å². The molecule has 3 aromatic rings. The molecular weight excluding hydrogens is 206 g/mol. The molecule has 0 aliphatic heterocycles. The first-order valence-corrected chi connectivity index (χ1v) is 4.71. The third-order valence-corrected chi connectivity index (χ3v) is 2.46. The van der Waals surface area contributed by atoms with E-state index in [1.165, 1.54) is 12.3 Å². The molecule has 3 aromatic heterocycles. The van der Waals surface area contributed by atoms with Gasteiger partial charge in [-0.15, -0.1) is 0 Å². The zero-order valence-corrected chi connectivity index (χ0v) is 8.16. The van der Waals surface area contributed by atoms with Crippen molar-refractivity contribution in [3.8, 4) is 0 Å². The van der Waals surface area contributed by atoms with Crippen LogP contribution in [0.25, 0.3) is 16.6 Å². The maximum absolute atomic E-state index is 10.8. The van der Waals surface area contributed by atoms with Gasteiger partial charge in [0.25, 0.3) is 0 Å². The van der Waals surface area contributed by atoms with Gasteiger partial charge < -0.3 is 9.51 Å². The molecule has 0 aliphatic rings. The monoisotopic (exact) mass is 213 g/mol. The lowest BCUT2D eigenvalue weighted by Crippen LogP contribution is -2.01. The van der Waals surface area contributed by atoms with Gasteiger partial charge in [0.15, 0.2) is 0 Å². The Kier molecular flexibility index (Phi) is 1.67. The van der Waals surface area contributed by atoms with Gasteiger partial charge in [-0.1, -0.05) is 0 Å². The molecule has 16 heavy (non-hydrogen) atoms. The van der Waals surface area contributed by atoms with Crippen LogP contribution in [0.5, 0.6) is 0 Å². The largest absolute Gasteiger partial charge is 0.477 e. The molecule has 3 heterocycles. The molecule has 0 amide bonds. The van der Waals surface area contributed by atoms with E-state index >= 15 is 0 Å². The molecule has 0 bridgehead atoms. The summed E-state index contributed by atoms with van der Waals surface area (Å²) in [5.41, 5.74) is 2.38. The van der Waals surface area contributed by atoms with Crippen molar-refractivity contribution in [3.63, 3.8) is 0 Å². The number of rotatable bonds is 1. The van der Waals surface area contributed by atoms with Gasteiger partial charge >= 0.3 is 5.97 Å². The first-order chi connectivity index (χ1) is 7.75. The van der Waals surface area contributed by atoms with Crippen LogP contribution >= 0.6 is 0 Å².